The standard InChI is InChI=1S/C15H16N2O3S/c1-4-20-15(19)12-13(16-10(3)18)17-14(21-12)11-7-5-9(2)6-8-11/h5-8H,4H2,1-3H3,(H,16,18). The number of aryl methyl sites for hydroxylation is 1. The predicted octanol–water partition coefficient (Wildman–Crippen LogP) is 3.25. The minimum absolute atomic E-state index is 0.251. The van der Waals surface area contributed by atoms with Gasteiger partial charge < -0.3 is 10.1 Å². The Balaban J connectivity index is 2.41. The molecule has 0 bridgehead atoms. The van der Waals surface area contributed by atoms with Crippen LogP contribution in [0.3, 0.4) is 0 Å². The van der Waals surface area contributed by atoms with Crippen molar-refractivity contribution in [2.24, 2.45) is 0 Å². The monoisotopic (exact) mass is 304 g/mol. The Morgan fingerprint density at radius 2 is 1.95 bits per heavy atom. The second kappa shape index (κ2) is 6.49. The molecule has 0 unspecified atom stereocenters. The Labute approximate surface area is 127 Å². The van der Waals surface area contributed by atoms with E-state index in [1.807, 2.05) is 31.2 Å². The lowest BCUT2D eigenvalue weighted by Gasteiger charge is -2.01. The third-order valence-electron chi connectivity index (χ3n) is 2.68. The van der Waals surface area contributed by atoms with Crippen LogP contribution in [0, 0.1) is 6.92 Å². The lowest BCUT2D eigenvalue weighted by Crippen LogP contribution is -2.11. The topological polar surface area (TPSA) is 68.3 Å². The molecule has 110 valence electrons. The Morgan fingerprint density at radius 3 is 2.52 bits per heavy atom. The fraction of sp³-hybridized carbons (Fsp3) is 0.267. The van der Waals surface area contributed by atoms with Gasteiger partial charge in [0.2, 0.25) is 5.91 Å². The number of nitrogens with zero attached hydrogens (tertiary/aromatic N) is 1. The largest absolute Gasteiger partial charge is 0.462 e. The lowest BCUT2D eigenvalue weighted by atomic mass is 10.2. The van der Waals surface area contributed by atoms with Gasteiger partial charge >= 0.3 is 5.97 Å². The summed E-state index contributed by atoms with van der Waals surface area (Å²) in [5.74, 6) is -0.500. The minimum Gasteiger partial charge on any atom is -0.462 e. The van der Waals surface area contributed by atoms with Crippen molar-refractivity contribution in [3.63, 3.8) is 0 Å². The van der Waals surface area contributed by atoms with Crippen LogP contribution in [-0.4, -0.2) is 23.5 Å². The number of benzene rings is 1. The second-order valence-corrected chi connectivity index (χ2v) is 5.46. The summed E-state index contributed by atoms with van der Waals surface area (Å²) in [4.78, 5) is 27.8. The number of nitrogens with one attached hydrogen (secondary N) is 1. The highest BCUT2D eigenvalue weighted by Crippen LogP contribution is 2.31. The van der Waals surface area contributed by atoms with Crippen molar-refractivity contribution >= 4 is 29.0 Å². The molecule has 0 radical (unpaired) electrons. The molecular formula is C15H16N2O3S. The zero-order chi connectivity index (χ0) is 15.4. The van der Waals surface area contributed by atoms with Crippen LogP contribution in [0.5, 0.6) is 0 Å². The van der Waals surface area contributed by atoms with Gasteiger partial charge in [0.05, 0.1) is 6.61 Å². The number of thiazole rings is 1. The van der Waals surface area contributed by atoms with E-state index in [1.165, 1.54) is 18.3 Å². The molecule has 1 aromatic heterocycles. The zero-order valence-electron chi connectivity index (χ0n) is 12.1. The predicted molar refractivity (Wildman–Crippen MR) is 82.5 cm³/mol. The molecule has 1 N–H and O–H groups in total. The summed E-state index contributed by atoms with van der Waals surface area (Å²) < 4.78 is 5.00. The molecule has 0 aliphatic rings. The number of hydrogen-bond acceptors (Lipinski definition) is 5. The molecule has 0 aliphatic heterocycles. The summed E-state index contributed by atoms with van der Waals surface area (Å²) >= 11 is 1.21. The molecule has 6 heteroatoms. The Kier molecular flexibility index (Phi) is 4.70. The Hall–Kier alpha value is -2.21. The van der Waals surface area contributed by atoms with E-state index in [0.29, 0.717) is 9.88 Å². The molecule has 1 amide bonds. The lowest BCUT2D eigenvalue weighted by molar-refractivity contribution is -0.114. The maximum Gasteiger partial charge on any atom is 0.352 e. The van der Waals surface area contributed by atoms with Crippen LogP contribution >= 0.6 is 11.3 Å². The summed E-state index contributed by atoms with van der Waals surface area (Å²) in [7, 11) is 0. The first-order valence-corrected chi connectivity index (χ1v) is 7.35. The van der Waals surface area contributed by atoms with Gasteiger partial charge in [-0.3, -0.25) is 4.79 Å². The SMILES string of the molecule is CCOC(=O)c1sc(-c2ccc(C)cc2)nc1NC(C)=O. The molecule has 1 heterocycles. The Morgan fingerprint density at radius 1 is 1.29 bits per heavy atom. The van der Waals surface area contributed by atoms with Crippen LogP contribution in [0.4, 0.5) is 5.82 Å². The quantitative estimate of drug-likeness (QED) is 0.880. The third kappa shape index (κ3) is 3.66. The van der Waals surface area contributed by atoms with Crippen LogP contribution in [-0.2, 0) is 9.53 Å². The fourth-order valence-corrected chi connectivity index (χ4v) is 2.65. The van der Waals surface area contributed by atoms with Gasteiger partial charge in [-0.05, 0) is 13.8 Å². The normalized spacial score (nSPS) is 10.2. The highest BCUT2D eigenvalue weighted by molar-refractivity contribution is 7.17. The van der Waals surface area contributed by atoms with E-state index < -0.39 is 5.97 Å². The number of esters is 1. The van der Waals surface area contributed by atoms with E-state index in [9.17, 15) is 9.59 Å². The maximum absolute atomic E-state index is 11.9. The Bertz CT molecular complexity index is 662. The highest BCUT2D eigenvalue weighted by atomic mass is 32.1. The molecule has 0 aliphatic carbocycles. The average molecular weight is 304 g/mol. The smallest absolute Gasteiger partial charge is 0.352 e. The van der Waals surface area contributed by atoms with Crippen LogP contribution in [0.2, 0.25) is 0 Å². The van der Waals surface area contributed by atoms with Gasteiger partial charge in [-0.1, -0.05) is 29.8 Å². The number of hydrogen-bond donors (Lipinski definition) is 1. The summed E-state index contributed by atoms with van der Waals surface area (Å²) in [6, 6.07) is 7.80. The molecule has 0 fully saturated rings. The molecule has 0 saturated heterocycles. The third-order valence-corrected chi connectivity index (χ3v) is 3.77. The van der Waals surface area contributed by atoms with Gasteiger partial charge in [0, 0.05) is 12.5 Å². The van der Waals surface area contributed by atoms with E-state index in [2.05, 4.69) is 10.3 Å². The number of aromatic nitrogens is 1. The molecule has 5 nitrogen and oxygen atoms in total. The van der Waals surface area contributed by atoms with E-state index in [4.69, 9.17) is 4.74 Å². The zero-order valence-corrected chi connectivity index (χ0v) is 12.9. The first kappa shape index (κ1) is 15.2. The first-order valence-electron chi connectivity index (χ1n) is 6.53. The summed E-state index contributed by atoms with van der Waals surface area (Å²) in [6.07, 6.45) is 0. The molecule has 21 heavy (non-hydrogen) atoms. The van der Waals surface area contributed by atoms with E-state index in [1.54, 1.807) is 6.92 Å². The van der Waals surface area contributed by atoms with Crippen molar-refractivity contribution in [3.8, 4) is 10.6 Å². The van der Waals surface area contributed by atoms with Gasteiger partial charge in [0.15, 0.2) is 10.7 Å². The van der Waals surface area contributed by atoms with E-state index in [-0.39, 0.29) is 18.3 Å². The molecule has 2 aromatic rings. The van der Waals surface area contributed by atoms with Gasteiger partial charge in [0.25, 0.3) is 0 Å². The van der Waals surface area contributed by atoms with Crippen molar-refractivity contribution in [3.05, 3.63) is 34.7 Å². The second-order valence-electron chi connectivity index (χ2n) is 4.46. The van der Waals surface area contributed by atoms with Gasteiger partial charge in [0.1, 0.15) is 5.01 Å². The summed E-state index contributed by atoms with van der Waals surface area (Å²) in [5, 5.41) is 3.24. The minimum atomic E-state index is -0.475. The first-order chi connectivity index (χ1) is 10.0. The van der Waals surface area contributed by atoms with Gasteiger partial charge in [-0.25, -0.2) is 9.78 Å². The number of carbonyl (C=O) groups excluding carboxylic acids is 2. The van der Waals surface area contributed by atoms with Gasteiger partial charge in [-0.15, -0.1) is 11.3 Å². The number of amides is 1. The average Bonchev–Trinajstić information content (AvgIpc) is 2.83. The van der Waals surface area contributed by atoms with Crippen LogP contribution in [0.15, 0.2) is 24.3 Å². The molecule has 0 spiro atoms. The number of carbonyl (C=O) groups is 2. The molecule has 0 saturated carbocycles. The highest BCUT2D eigenvalue weighted by Gasteiger charge is 2.20. The maximum atomic E-state index is 11.9. The van der Waals surface area contributed by atoms with Crippen LogP contribution in [0.1, 0.15) is 29.1 Å². The summed E-state index contributed by atoms with van der Waals surface area (Å²) in [6.45, 7) is 5.38. The van der Waals surface area contributed by atoms with E-state index >= 15 is 0 Å². The van der Waals surface area contributed by atoms with Crippen molar-refractivity contribution in [1.82, 2.24) is 4.98 Å². The number of rotatable bonds is 4. The van der Waals surface area contributed by atoms with Crippen molar-refractivity contribution < 1.29 is 14.3 Å². The number of ether oxygens (including phenoxy) is 1. The van der Waals surface area contributed by atoms with Crippen LogP contribution < -0.4 is 5.32 Å². The van der Waals surface area contributed by atoms with Crippen molar-refractivity contribution in [1.29, 1.82) is 0 Å². The van der Waals surface area contributed by atoms with Crippen molar-refractivity contribution in [2.45, 2.75) is 20.8 Å². The molecule has 0 atom stereocenters. The molecular weight excluding hydrogens is 288 g/mol. The summed E-state index contributed by atoms with van der Waals surface area (Å²) in [5.41, 5.74) is 2.04. The molecule has 2 rings (SSSR count). The van der Waals surface area contributed by atoms with E-state index in [0.717, 1.165) is 11.1 Å². The van der Waals surface area contributed by atoms with Gasteiger partial charge in [-0.2, -0.15) is 0 Å². The molecule has 1 aromatic carbocycles. The number of anilines is 1. The van der Waals surface area contributed by atoms with Crippen molar-refractivity contribution in [2.75, 3.05) is 11.9 Å². The fourth-order valence-electron chi connectivity index (χ4n) is 1.73. The van der Waals surface area contributed by atoms with Crippen LogP contribution in [0.25, 0.3) is 10.6 Å².